The van der Waals surface area contributed by atoms with Crippen LogP contribution in [0.25, 0.3) is 0 Å². The van der Waals surface area contributed by atoms with Gasteiger partial charge in [-0.05, 0) is 48.3 Å². The van der Waals surface area contributed by atoms with E-state index in [0.29, 0.717) is 37.1 Å². The van der Waals surface area contributed by atoms with Crippen molar-refractivity contribution in [1.82, 2.24) is 15.5 Å². The highest BCUT2D eigenvalue weighted by molar-refractivity contribution is 6.05. The first-order valence-electron chi connectivity index (χ1n) is 10.1. The molecule has 8 heteroatoms. The van der Waals surface area contributed by atoms with Crippen molar-refractivity contribution in [2.24, 2.45) is 5.41 Å². The molecule has 3 N–H and O–H groups in total. The highest BCUT2D eigenvalue weighted by Gasteiger charge is 2.39. The molecule has 4 rings (SSSR count). The summed E-state index contributed by atoms with van der Waals surface area (Å²) in [6, 6.07) is 4.94. The molecular weight excluding hydrogens is 374 g/mol. The fraction of sp³-hybridized carbons (Fsp3) is 0.571. The van der Waals surface area contributed by atoms with Crippen molar-refractivity contribution in [1.29, 1.82) is 0 Å². The molecule has 1 saturated heterocycles. The van der Waals surface area contributed by atoms with E-state index >= 15 is 0 Å². The van der Waals surface area contributed by atoms with E-state index < -0.39 is 18.4 Å². The summed E-state index contributed by atoms with van der Waals surface area (Å²) in [7, 11) is 0. The minimum atomic E-state index is -1.05. The van der Waals surface area contributed by atoms with Crippen LogP contribution in [0, 0.1) is 5.41 Å². The smallest absolute Gasteiger partial charge is 0.255 e. The first-order valence-corrected chi connectivity index (χ1v) is 10.1. The van der Waals surface area contributed by atoms with E-state index in [1.54, 1.807) is 6.07 Å². The van der Waals surface area contributed by atoms with E-state index in [1.807, 2.05) is 12.1 Å². The number of hydrogen-bond donors (Lipinski definition) is 3. The Labute approximate surface area is 169 Å². The number of aliphatic hydroxyl groups excluding tert-OH is 1. The quantitative estimate of drug-likeness (QED) is 0.443. The number of fused-ring (bicyclic) bond motifs is 1. The largest absolute Gasteiger partial charge is 0.356 e. The number of aliphatic hydroxyl groups is 1. The van der Waals surface area contributed by atoms with Gasteiger partial charge in [-0.1, -0.05) is 19.1 Å². The first-order chi connectivity index (χ1) is 13.8. The standard InChI is InChI=1S/C21H27N3O5/c1-21(6-7-21)8-9-29-20(28)22-11-13-2-3-14-12-24(19(27)15(14)10-13)16-4-5-17(25)23-18(16)26/h2-3,10,16,20,22,28H,4-9,11-12H2,1H3,(H,23,25,26). The van der Waals surface area contributed by atoms with Gasteiger partial charge in [-0.15, -0.1) is 0 Å². The number of hydrogen-bond acceptors (Lipinski definition) is 6. The normalized spacial score (nSPS) is 23.7. The van der Waals surface area contributed by atoms with E-state index in [0.717, 1.165) is 17.5 Å². The topological polar surface area (TPSA) is 108 Å². The Morgan fingerprint density at radius 2 is 2.14 bits per heavy atom. The summed E-state index contributed by atoms with van der Waals surface area (Å²) in [5, 5.41) is 15.2. The SMILES string of the molecule is CC1(CCOC(O)NCc2ccc3c(c2)C(=O)N(C2CCC(=O)NC2=O)C3)CC1. The molecular formula is C21H27N3O5. The van der Waals surface area contributed by atoms with E-state index in [4.69, 9.17) is 4.74 Å². The van der Waals surface area contributed by atoms with Crippen molar-refractivity contribution in [2.75, 3.05) is 6.61 Å². The molecule has 156 valence electrons. The maximum atomic E-state index is 12.8. The molecule has 0 radical (unpaired) electrons. The highest BCUT2D eigenvalue weighted by Crippen LogP contribution is 2.47. The van der Waals surface area contributed by atoms with Gasteiger partial charge in [0.1, 0.15) is 6.04 Å². The molecule has 2 unspecified atom stereocenters. The predicted molar refractivity (Wildman–Crippen MR) is 103 cm³/mol. The summed E-state index contributed by atoms with van der Waals surface area (Å²) in [5.41, 5.74) is 2.65. The number of piperidine rings is 1. The van der Waals surface area contributed by atoms with Crippen LogP contribution in [-0.2, 0) is 27.4 Å². The van der Waals surface area contributed by atoms with Gasteiger partial charge < -0.3 is 14.7 Å². The summed E-state index contributed by atoms with van der Waals surface area (Å²) >= 11 is 0. The molecule has 3 aliphatic rings. The van der Waals surface area contributed by atoms with Gasteiger partial charge in [-0.3, -0.25) is 25.0 Å². The summed E-state index contributed by atoms with van der Waals surface area (Å²) in [5.74, 6) is -0.911. The van der Waals surface area contributed by atoms with E-state index in [1.165, 1.54) is 17.7 Å². The third-order valence-electron chi connectivity index (χ3n) is 6.16. The second-order valence-electron chi connectivity index (χ2n) is 8.56. The van der Waals surface area contributed by atoms with Crippen LogP contribution in [0.15, 0.2) is 18.2 Å². The van der Waals surface area contributed by atoms with Crippen molar-refractivity contribution in [3.63, 3.8) is 0 Å². The first kappa shape index (κ1) is 20.0. The van der Waals surface area contributed by atoms with Gasteiger partial charge in [0.05, 0.1) is 6.61 Å². The molecule has 0 aromatic heterocycles. The second-order valence-corrected chi connectivity index (χ2v) is 8.56. The van der Waals surface area contributed by atoms with Crippen molar-refractivity contribution in [2.45, 2.75) is 64.6 Å². The number of amides is 3. The molecule has 29 heavy (non-hydrogen) atoms. The Hall–Kier alpha value is -2.29. The van der Waals surface area contributed by atoms with Gasteiger partial charge in [0.15, 0.2) is 0 Å². The van der Waals surface area contributed by atoms with Crippen molar-refractivity contribution >= 4 is 17.7 Å². The fourth-order valence-corrected chi connectivity index (χ4v) is 3.86. The molecule has 8 nitrogen and oxygen atoms in total. The molecule has 1 aromatic rings. The van der Waals surface area contributed by atoms with Crippen molar-refractivity contribution in [3.05, 3.63) is 34.9 Å². The number of rotatable bonds is 8. The van der Waals surface area contributed by atoms with Crippen LogP contribution in [0.3, 0.4) is 0 Å². The Morgan fingerprint density at radius 3 is 2.86 bits per heavy atom. The zero-order chi connectivity index (χ0) is 20.6. The van der Waals surface area contributed by atoms with Crippen LogP contribution in [0.5, 0.6) is 0 Å². The summed E-state index contributed by atoms with van der Waals surface area (Å²) in [6.45, 7) is 3.44. The lowest BCUT2D eigenvalue weighted by Gasteiger charge is -2.29. The lowest BCUT2D eigenvalue weighted by Crippen LogP contribution is -2.52. The number of carbonyl (C=O) groups is 3. The Balaban J connectivity index is 1.31. The van der Waals surface area contributed by atoms with Gasteiger partial charge in [-0.25, -0.2) is 0 Å². The van der Waals surface area contributed by atoms with Crippen molar-refractivity contribution < 1.29 is 24.2 Å². The molecule has 2 atom stereocenters. The molecule has 1 saturated carbocycles. The van der Waals surface area contributed by atoms with Crippen molar-refractivity contribution in [3.8, 4) is 0 Å². The van der Waals surface area contributed by atoms with Gasteiger partial charge in [-0.2, -0.15) is 0 Å². The lowest BCUT2D eigenvalue weighted by atomic mass is 10.0. The maximum absolute atomic E-state index is 12.8. The summed E-state index contributed by atoms with van der Waals surface area (Å²) < 4.78 is 5.41. The number of benzene rings is 1. The van der Waals surface area contributed by atoms with Gasteiger partial charge in [0.25, 0.3) is 5.91 Å². The van der Waals surface area contributed by atoms with E-state index in [2.05, 4.69) is 17.6 Å². The van der Waals surface area contributed by atoms with E-state index in [-0.39, 0.29) is 18.2 Å². The van der Waals surface area contributed by atoms with Gasteiger partial charge >= 0.3 is 0 Å². The number of nitrogens with zero attached hydrogens (tertiary/aromatic N) is 1. The average molecular weight is 401 g/mol. The maximum Gasteiger partial charge on any atom is 0.255 e. The zero-order valence-electron chi connectivity index (χ0n) is 16.6. The van der Waals surface area contributed by atoms with E-state index in [9.17, 15) is 19.5 Å². The Bertz CT molecular complexity index is 836. The second kappa shape index (κ2) is 7.85. The summed E-state index contributed by atoms with van der Waals surface area (Å²) in [6.07, 6.45) is 2.92. The molecule has 2 aliphatic heterocycles. The predicted octanol–water partition coefficient (Wildman–Crippen LogP) is 1.02. The van der Waals surface area contributed by atoms with Crippen LogP contribution in [-0.4, -0.2) is 46.8 Å². The van der Waals surface area contributed by atoms with Gasteiger partial charge in [0.2, 0.25) is 18.2 Å². The molecule has 1 aromatic carbocycles. The Kier molecular flexibility index (Phi) is 5.42. The fourth-order valence-electron chi connectivity index (χ4n) is 3.86. The van der Waals surface area contributed by atoms with Crippen LogP contribution < -0.4 is 10.6 Å². The molecule has 2 heterocycles. The third-order valence-corrected chi connectivity index (χ3v) is 6.16. The van der Waals surface area contributed by atoms with Crippen LogP contribution in [0.4, 0.5) is 0 Å². The minimum absolute atomic E-state index is 0.203. The third kappa shape index (κ3) is 4.49. The molecule has 2 fully saturated rings. The monoisotopic (exact) mass is 401 g/mol. The molecule has 1 aliphatic carbocycles. The minimum Gasteiger partial charge on any atom is -0.356 e. The lowest BCUT2D eigenvalue weighted by molar-refractivity contribution is -0.137. The molecule has 0 spiro atoms. The average Bonchev–Trinajstić information content (AvgIpc) is 3.33. The number of nitrogens with one attached hydrogen (secondary N) is 2. The molecule has 3 amide bonds. The summed E-state index contributed by atoms with van der Waals surface area (Å²) in [4.78, 5) is 37.8. The van der Waals surface area contributed by atoms with Crippen LogP contribution >= 0.6 is 0 Å². The number of carbonyl (C=O) groups excluding carboxylic acids is 3. The number of imide groups is 1. The Morgan fingerprint density at radius 1 is 1.34 bits per heavy atom. The van der Waals surface area contributed by atoms with Gasteiger partial charge in [0, 0.05) is 25.1 Å². The van der Waals surface area contributed by atoms with Crippen LogP contribution in [0.2, 0.25) is 0 Å². The number of ether oxygens (including phenoxy) is 1. The van der Waals surface area contributed by atoms with Crippen LogP contribution in [0.1, 0.15) is 60.5 Å². The highest BCUT2D eigenvalue weighted by atomic mass is 16.6. The zero-order valence-corrected chi connectivity index (χ0v) is 16.6. The molecule has 0 bridgehead atoms.